The second-order valence-corrected chi connectivity index (χ2v) is 7.64. The first-order valence-corrected chi connectivity index (χ1v) is 10.1. The Hall–Kier alpha value is -3.57. The van der Waals surface area contributed by atoms with E-state index in [1.165, 1.54) is 7.11 Å². The van der Waals surface area contributed by atoms with Crippen LogP contribution >= 0.6 is 11.6 Å². The number of rotatable bonds is 6. The lowest BCUT2D eigenvalue weighted by Gasteiger charge is -2.17. The third kappa shape index (κ3) is 4.18. The third-order valence-electron chi connectivity index (χ3n) is 5.26. The van der Waals surface area contributed by atoms with E-state index in [4.69, 9.17) is 16.3 Å². The number of hydrogen-bond acceptors (Lipinski definition) is 3. The van der Waals surface area contributed by atoms with Crippen LogP contribution in [-0.2, 0) is 11.2 Å². The molecule has 4 rings (SSSR count). The molecule has 0 bridgehead atoms. The number of benzene rings is 4. The molecule has 0 heterocycles. The number of amides is 1. The van der Waals surface area contributed by atoms with Gasteiger partial charge >= 0.3 is 5.97 Å². The molecule has 4 aromatic rings. The molecule has 4 aromatic carbocycles. The number of carboxylic acids is 1. The van der Waals surface area contributed by atoms with Gasteiger partial charge < -0.3 is 15.2 Å². The second kappa shape index (κ2) is 8.66. The Morgan fingerprint density at radius 1 is 0.968 bits per heavy atom. The molecule has 6 heteroatoms. The third-order valence-corrected chi connectivity index (χ3v) is 5.55. The highest BCUT2D eigenvalue weighted by molar-refractivity contribution is 6.32. The summed E-state index contributed by atoms with van der Waals surface area (Å²) in [5, 5.41) is 16.2. The first-order valence-electron chi connectivity index (χ1n) is 9.74. The maximum absolute atomic E-state index is 13.3. The maximum Gasteiger partial charge on any atom is 0.326 e. The number of aliphatic carboxylic acids is 1. The Morgan fingerprint density at radius 3 is 2.13 bits per heavy atom. The highest BCUT2D eigenvalue weighted by Gasteiger charge is 2.24. The Labute approximate surface area is 184 Å². The lowest BCUT2D eigenvalue weighted by molar-refractivity contribution is -0.139. The van der Waals surface area contributed by atoms with Gasteiger partial charge in [0.05, 0.1) is 17.7 Å². The van der Waals surface area contributed by atoms with Gasteiger partial charge in [0.15, 0.2) is 0 Å². The molecule has 0 aliphatic carbocycles. The first kappa shape index (κ1) is 20.7. The zero-order valence-corrected chi connectivity index (χ0v) is 17.5. The van der Waals surface area contributed by atoms with E-state index in [-0.39, 0.29) is 6.42 Å². The van der Waals surface area contributed by atoms with Crippen LogP contribution < -0.4 is 10.1 Å². The summed E-state index contributed by atoms with van der Waals surface area (Å²) in [6, 6.07) is 21.1. The topological polar surface area (TPSA) is 75.6 Å². The van der Waals surface area contributed by atoms with E-state index in [2.05, 4.69) is 5.32 Å². The van der Waals surface area contributed by atoms with E-state index < -0.39 is 17.9 Å². The minimum Gasteiger partial charge on any atom is -0.495 e. The van der Waals surface area contributed by atoms with Gasteiger partial charge in [-0.2, -0.15) is 0 Å². The largest absolute Gasteiger partial charge is 0.495 e. The maximum atomic E-state index is 13.3. The molecule has 0 unspecified atom stereocenters. The fourth-order valence-corrected chi connectivity index (χ4v) is 4.04. The van der Waals surface area contributed by atoms with E-state index in [1.54, 1.807) is 18.2 Å². The summed E-state index contributed by atoms with van der Waals surface area (Å²) in [6.45, 7) is 0. The fraction of sp³-hybridized carbons (Fsp3) is 0.120. The predicted molar refractivity (Wildman–Crippen MR) is 122 cm³/mol. The number of halogens is 1. The molecular formula is C25H20ClNO4. The molecule has 0 fully saturated rings. The highest BCUT2D eigenvalue weighted by Crippen LogP contribution is 2.29. The van der Waals surface area contributed by atoms with Crippen LogP contribution in [0.3, 0.4) is 0 Å². The Kier molecular flexibility index (Phi) is 5.78. The van der Waals surface area contributed by atoms with Crippen LogP contribution in [0, 0.1) is 0 Å². The number of carboxylic acid groups (broad SMARTS) is 1. The van der Waals surface area contributed by atoms with Gasteiger partial charge in [-0.1, -0.05) is 66.2 Å². The van der Waals surface area contributed by atoms with Crippen molar-refractivity contribution in [1.29, 1.82) is 0 Å². The quantitative estimate of drug-likeness (QED) is 0.416. The van der Waals surface area contributed by atoms with Gasteiger partial charge in [-0.25, -0.2) is 4.79 Å². The summed E-state index contributed by atoms with van der Waals surface area (Å²) in [5.74, 6) is -1.05. The molecule has 156 valence electrons. The van der Waals surface area contributed by atoms with Gasteiger partial charge in [-0.15, -0.1) is 0 Å². The van der Waals surface area contributed by atoms with Crippen LogP contribution in [0.15, 0.2) is 72.8 Å². The van der Waals surface area contributed by atoms with Gasteiger partial charge in [0, 0.05) is 6.42 Å². The normalized spacial score (nSPS) is 11.9. The van der Waals surface area contributed by atoms with Gasteiger partial charge in [0.2, 0.25) is 0 Å². The number of ether oxygens (including phenoxy) is 1. The summed E-state index contributed by atoms with van der Waals surface area (Å²) >= 11 is 6.17. The highest BCUT2D eigenvalue weighted by atomic mass is 35.5. The minimum absolute atomic E-state index is 0.0908. The second-order valence-electron chi connectivity index (χ2n) is 7.23. The van der Waals surface area contributed by atoms with Crippen molar-refractivity contribution in [2.45, 2.75) is 12.5 Å². The molecular weight excluding hydrogens is 414 g/mol. The van der Waals surface area contributed by atoms with E-state index >= 15 is 0 Å². The lowest BCUT2D eigenvalue weighted by Crippen LogP contribution is -2.42. The van der Waals surface area contributed by atoms with Crippen molar-refractivity contribution in [1.82, 2.24) is 5.32 Å². The fourth-order valence-electron chi connectivity index (χ4n) is 3.76. The average Bonchev–Trinajstić information content (AvgIpc) is 2.77. The lowest BCUT2D eigenvalue weighted by atomic mass is 9.95. The molecule has 31 heavy (non-hydrogen) atoms. The van der Waals surface area contributed by atoms with Crippen molar-refractivity contribution >= 4 is 45.0 Å². The molecule has 0 aliphatic rings. The van der Waals surface area contributed by atoms with Crippen molar-refractivity contribution in [2.75, 3.05) is 7.11 Å². The van der Waals surface area contributed by atoms with Crippen molar-refractivity contribution in [2.24, 2.45) is 0 Å². The van der Waals surface area contributed by atoms with E-state index in [9.17, 15) is 14.7 Å². The molecule has 5 nitrogen and oxygen atoms in total. The average molecular weight is 434 g/mol. The van der Waals surface area contributed by atoms with Crippen molar-refractivity contribution in [3.8, 4) is 5.75 Å². The van der Waals surface area contributed by atoms with Crippen molar-refractivity contribution in [3.05, 3.63) is 88.9 Å². The molecule has 0 spiro atoms. The van der Waals surface area contributed by atoms with Crippen molar-refractivity contribution in [3.63, 3.8) is 0 Å². The molecule has 2 N–H and O–H groups in total. The Morgan fingerprint density at radius 2 is 1.58 bits per heavy atom. The number of carbonyl (C=O) groups excluding carboxylic acids is 1. The molecule has 0 saturated carbocycles. The minimum atomic E-state index is -1.12. The van der Waals surface area contributed by atoms with Crippen LogP contribution in [0.1, 0.15) is 15.9 Å². The molecule has 0 radical (unpaired) electrons. The Bertz CT molecular complexity index is 1250. The first-order chi connectivity index (χ1) is 15.0. The number of nitrogens with one attached hydrogen (secondary N) is 1. The molecule has 1 atom stereocenters. The number of carbonyl (C=O) groups is 2. The molecule has 0 aromatic heterocycles. The number of methoxy groups -OCH3 is 1. The summed E-state index contributed by atoms with van der Waals surface area (Å²) < 4.78 is 5.14. The van der Waals surface area contributed by atoms with Gasteiger partial charge in [-0.3, -0.25) is 4.79 Å². The van der Waals surface area contributed by atoms with E-state index in [0.717, 1.165) is 21.5 Å². The van der Waals surface area contributed by atoms with Crippen LogP contribution in [0.5, 0.6) is 5.75 Å². The zero-order valence-electron chi connectivity index (χ0n) is 16.8. The van der Waals surface area contributed by atoms with Gasteiger partial charge in [0.25, 0.3) is 5.91 Å². The van der Waals surface area contributed by atoms with Gasteiger partial charge in [-0.05, 0) is 45.3 Å². The van der Waals surface area contributed by atoms with Crippen LogP contribution in [0.2, 0.25) is 5.02 Å². The molecule has 1 amide bonds. The summed E-state index contributed by atoms with van der Waals surface area (Å²) in [7, 11) is 1.51. The number of hydrogen-bond donors (Lipinski definition) is 2. The van der Waals surface area contributed by atoms with Gasteiger partial charge in [0.1, 0.15) is 11.8 Å². The van der Waals surface area contributed by atoms with Crippen molar-refractivity contribution < 1.29 is 19.4 Å². The van der Waals surface area contributed by atoms with E-state index in [0.29, 0.717) is 21.9 Å². The smallest absolute Gasteiger partial charge is 0.326 e. The zero-order chi connectivity index (χ0) is 22.0. The summed E-state index contributed by atoms with van der Waals surface area (Å²) in [4.78, 5) is 25.3. The van der Waals surface area contributed by atoms with Crippen LogP contribution in [0.4, 0.5) is 0 Å². The Balaban J connectivity index is 1.70. The SMILES string of the molecule is COc1ccc(C[C@@H](NC(=O)c2c3ccccc3cc3ccccc23)C(=O)O)cc1Cl. The van der Waals surface area contributed by atoms with Crippen LogP contribution in [-0.4, -0.2) is 30.1 Å². The molecule has 0 aliphatic heterocycles. The molecule has 0 saturated heterocycles. The van der Waals surface area contributed by atoms with E-state index in [1.807, 2.05) is 54.6 Å². The van der Waals surface area contributed by atoms with Crippen LogP contribution in [0.25, 0.3) is 21.5 Å². The summed E-state index contributed by atoms with van der Waals surface area (Å²) in [5.41, 5.74) is 1.15. The standard InChI is InChI=1S/C25H20ClNO4/c1-31-22-11-10-15(12-20(22)26)13-21(25(29)30)27-24(28)23-18-8-4-2-6-16(18)14-17-7-3-5-9-19(17)23/h2-12,14,21H,13H2,1H3,(H,27,28)(H,29,30)/t21-/m1/s1. The predicted octanol–water partition coefficient (Wildman–Crippen LogP) is 5.08. The number of fused-ring (bicyclic) bond motifs is 2. The summed E-state index contributed by atoms with van der Waals surface area (Å²) in [6.07, 6.45) is 0.0908. The monoisotopic (exact) mass is 433 g/mol.